The normalized spacial score (nSPS) is 15.6. The van der Waals surface area contributed by atoms with E-state index in [-0.39, 0.29) is 5.91 Å². The van der Waals surface area contributed by atoms with Crippen molar-refractivity contribution >= 4 is 18.0 Å². The fourth-order valence-corrected chi connectivity index (χ4v) is 2.47. The van der Waals surface area contributed by atoms with E-state index >= 15 is 0 Å². The molecule has 0 saturated heterocycles. The van der Waals surface area contributed by atoms with E-state index in [1.165, 1.54) is 31.8 Å². The van der Waals surface area contributed by atoms with Gasteiger partial charge in [-0.05, 0) is 42.5 Å². The van der Waals surface area contributed by atoms with Crippen LogP contribution in [0.15, 0.2) is 30.3 Å². The molecule has 2 N–H and O–H groups in total. The van der Waals surface area contributed by atoms with Gasteiger partial charge in [0.1, 0.15) is 0 Å². The summed E-state index contributed by atoms with van der Waals surface area (Å²) in [6.45, 7) is 0.750. The first kappa shape index (κ1) is 14.3. The van der Waals surface area contributed by atoms with Crippen molar-refractivity contribution in [1.29, 1.82) is 0 Å². The van der Waals surface area contributed by atoms with Crippen LogP contribution in [-0.4, -0.2) is 23.5 Å². The lowest BCUT2D eigenvalue weighted by molar-refractivity contribution is -0.131. The highest BCUT2D eigenvalue weighted by Gasteiger charge is 2.15. The highest BCUT2D eigenvalue weighted by molar-refractivity contribution is 5.94. The van der Waals surface area contributed by atoms with Gasteiger partial charge in [-0.1, -0.05) is 25.0 Å². The van der Waals surface area contributed by atoms with Gasteiger partial charge in [-0.3, -0.25) is 4.79 Å². The average Bonchev–Trinajstić information content (AvgIpc) is 2.96. The number of benzene rings is 1. The monoisotopic (exact) mass is 273 g/mol. The van der Waals surface area contributed by atoms with Crippen molar-refractivity contribution in [2.45, 2.75) is 25.7 Å². The highest BCUT2D eigenvalue weighted by Crippen LogP contribution is 2.23. The van der Waals surface area contributed by atoms with E-state index in [1.807, 2.05) is 0 Å². The molecule has 1 saturated carbocycles. The molecule has 1 aromatic carbocycles. The number of aliphatic carboxylic acids is 1. The summed E-state index contributed by atoms with van der Waals surface area (Å²) in [4.78, 5) is 22.4. The lowest BCUT2D eigenvalue weighted by Crippen LogP contribution is -2.28. The Balaban J connectivity index is 1.88. The van der Waals surface area contributed by atoms with Gasteiger partial charge in [0.05, 0.1) is 0 Å². The Hall–Kier alpha value is -2.10. The number of carboxylic acids is 1. The van der Waals surface area contributed by atoms with Crippen molar-refractivity contribution in [3.8, 4) is 0 Å². The molecule has 1 amide bonds. The highest BCUT2D eigenvalue weighted by atomic mass is 16.4. The molecule has 1 aromatic rings. The van der Waals surface area contributed by atoms with Gasteiger partial charge in [0.25, 0.3) is 5.91 Å². The number of carbonyl (C=O) groups excluding carboxylic acids is 1. The molecular weight excluding hydrogens is 254 g/mol. The molecule has 1 aliphatic rings. The Morgan fingerprint density at radius 1 is 1.20 bits per heavy atom. The van der Waals surface area contributed by atoms with Crippen molar-refractivity contribution in [3.05, 3.63) is 41.5 Å². The zero-order valence-corrected chi connectivity index (χ0v) is 11.3. The van der Waals surface area contributed by atoms with Gasteiger partial charge in [0.15, 0.2) is 0 Å². The number of amides is 1. The minimum atomic E-state index is -0.983. The SMILES string of the molecule is O=C(O)C=Cc1ccc(C(=O)NCC2CCCC2)cc1. The molecule has 1 aliphatic carbocycles. The van der Waals surface area contributed by atoms with Gasteiger partial charge in [0, 0.05) is 18.2 Å². The Labute approximate surface area is 118 Å². The maximum Gasteiger partial charge on any atom is 0.328 e. The van der Waals surface area contributed by atoms with Crippen LogP contribution in [0.2, 0.25) is 0 Å². The molecule has 0 atom stereocenters. The third-order valence-electron chi connectivity index (χ3n) is 3.62. The molecule has 0 unspecified atom stereocenters. The first-order valence-corrected chi connectivity index (χ1v) is 6.94. The van der Waals surface area contributed by atoms with Crippen LogP contribution in [-0.2, 0) is 4.79 Å². The van der Waals surface area contributed by atoms with Crippen LogP contribution < -0.4 is 5.32 Å². The molecule has 0 aliphatic heterocycles. The molecule has 20 heavy (non-hydrogen) atoms. The van der Waals surface area contributed by atoms with Crippen LogP contribution in [0.4, 0.5) is 0 Å². The van der Waals surface area contributed by atoms with E-state index in [1.54, 1.807) is 24.3 Å². The largest absolute Gasteiger partial charge is 0.478 e. The summed E-state index contributed by atoms with van der Waals surface area (Å²) < 4.78 is 0. The molecule has 106 valence electrons. The molecule has 0 aromatic heterocycles. The molecule has 0 spiro atoms. The second kappa shape index (κ2) is 6.89. The smallest absolute Gasteiger partial charge is 0.328 e. The van der Waals surface area contributed by atoms with Gasteiger partial charge in [-0.2, -0.15) is 0 Å². The van der Waals surface area contributed by atoms with E-state index in [9.17, 15) is 9.59 Å². The first-order chi connectivity index (χ1) is 9.65. The van der Waals surface area contributed by atoms with Crippen LogP contribution in [0.25, 0.3) is 6.08 Å². The average molecular weight is 273 g/mol. The second-order valence-electron chi connectivity index (χ2n) is 5.15. The zero-order chi connectivity index (χ0) is 14.4. The van der Waals surface area contributed by atoms with E-state index in [0.717, 1.165) is 18.2 Å². The fraction of sp³-hybridized carbons (Fsp3) is 0.375. The summed E-state index contributed by atoms with van der Waals surface area (Å²) >= 11 is 0. The predicted molar refractivity (Wildman–Crippen MR) is 77.4 cm³/mol. The molecule has 0 heterocycles. The van der Waals surface area contributed by atoms with E-state index < -0.39 is 5.97 Å². The Morgan fingerprint density at radius 2 is 1.85 bits per heavy atom. The van der Waals surface area contributed by atoms with Gasteiger partial charge < -0.3 is 10.4 Å². The van der Waals surface area contributed by atoms with Crippen molar-refractivity contribution in [2.24, 2.45) is 5.92 Å². The van der Waals surface area contributed by atoms with E-state index in [0.29, 0.717) is 11.5 Å². The van der Waals surface area contributed by atoms with Crippen LogP contribution in [0.5, 0.6) is 0 Å². The standard InChI is InChI=1S/C16H19NO3/c18-15(19)10-7-12-5-8-14(9-6-12)16(20)17-11-13-3-1-2-4-13/h5-10,13H,1-4,11H2,(H,17,20)(H,18,19). The summed E-state index contributed by atoms with van der Waals surface area (Å²) in [5.74, 6) is -0.425. The number of hydrogen-bond donors (Lipinski definition) is 2. The summed E-state index contributed by atoms with van der Waals surface area (Å²) in [5.41, 5.74) is 1.37. The zero-order valence-electron chi connectivity index (χ0n) is 11.3. The molecule has 1 fully saturated rings. The molecular formula is C16H19NO3. The van der Waals surface area contributed by atoms with Crippen molar-refractivity contribution < 1.29 is 14.7 Å². The Bertz CT molecular complexity index is 499. The van der Waals surface area contributed by atoms with E-state index in [4.69, 9.17) is 5.11 Å². The minimum Gasteiger partial charge on any atom is -0.478 e. The maximum atomic E-state index is 12.0. The van der Waals surface area contributed by atoms with E-state index in [2.05, 4.69) is 5.32 Å². The molecule has 0 bridgehead atoms. The van der Waals surface area contributed by atoms with Crippen LogP contribution in [0.1, 0.15) is 41.6 Å². The van der Waals surface area contributed by atoms with Crippen molar-refractivity contribution in [2.75, 3.05) is 6.54 Å². The van der Waals surface area contributed by atoms with Gasteiger partial charge in [-0.15, -0.1) is 0 Å². The lowest BCUT2D eigenvalue weighted by atomic mass is 10.1. The van der Waals surface area contributed by atoms with Gasteiger partial charge in [-0.25, -0.2) is 4.79 Å². The van der Waals surface area contributed by atoms with Crippen molar-refractivity contribution in [1.82, 2.24) is 5.32 Å². The topological polar surface area (TPSA) is 66.4 Å². The Kier molecular flexibility index (Phi) is 4.93. The number of carbonyl (C=O) groups is 2. The molecule has 2 rings (SSSR count). The molecule has 4 heteroatoms. The number of hydrogen-bond acceptors (Lipinski definition) is 2. The third kappa shape index (κ3) is 4.23. The summed E-state index contributed by atoms with van der Waals surface area (Å²) in [6, 6.07) is 6.91. The lowest BCUT2D eigenvalue weighted by Gasteiger charge is -2.10. The predicted octanol–water partition coefficient (Wildman–Crippen LogP) is 2.70. The van der Waals surface area contributed by atoms with Crippen LogP contribution >= 0.6 is 0 Å². The van der Waals surface area contributed by atoms with Crippen molar-refractivity contribution in [3.63, 3.8) is 0 Å². The molecule has 4 nitrogen and oxygen atoms in total. The quantitative estimate of drug-likeness (QED) is 0.811. The van der Waals surface area contributed by atoms with Gasteiger partial charge >= 0.3 is 5.97 Å². The first-order valence-electron chi connectivity index (χ1n) is 6.94. The number of rotatable bonds is 5. The summed E-state index contributed by atoms with van der Waals surface area (Å²) in [5, 5.41) is 11.5. The third-order valence-corrected chi connectivity index (χ3v) is 3.62. The summed E-state index contributed by atoms with van der Waals surface area (Å²) in [7, 11) is 0. The van der Waals surface area contributed by atoms with Gasteiger partial charge in [0.2, 0.25) is 0 Å². The maximum absolute atomic E-state index is 12.0. The van der Waals surface area contributed by atoms with Crippen LogP contribution in [0.3, 0.4) is 0 Å². The second-order valence-corrected chi connectivity index (χ2v) is 5.15. The Morgan fingerprint density at radius 3 is 2.45 bits per heavy atom. The number of nitrogens with one attached hydrogen (secondary N) is 1. The summed E-state index contributed by atoms with van der Waals surface area (Å²) in [6.07, 6.45) is 7.53. The molecule has 0 radical (unpaired) electrons. The minimum absolute atomic E-state index is 0.0642. The fourth-order valence-electron chi connectivity index (χ4n) is 2.47. The van der Waals surface area contributed by atoms with Crippen LogP contribution in [0, 0.1) is 5.92 Å². The number of carboxylic acid groups (broad SMARTS) is 1.